The van der Waals surface area contributed by atoms with Crippen LogP contribution in [0.15, 0.2) is 0 Å². The van der Waals surface area contributed by atoms with Crippen LogP contribution in [0, 0.1) is 5.41 Å². The first-order valence-electron chi connectivity index (χ1n) is 7.16. The minimum atomic E-state index is -0.430. The minimum absolute atomic E-state index is 0.0712. The number of carbonyl (C=O) groups is 1. The van der Waals surface area contributed by atoms with Crippen molar-refractivity contribution in [3.63, 3.8) is 0 Å². The molecule has 0 saturated carbocycles. The number of amides is 1. The largest absolute Gasteiger partial charge is 0.396 e. The normalized spacial score (nSPS) is 24.9. The van der Waals surface area contributed by atoms with Gasteiger partial charge in [0.25, 0.3) is 0 Å². The quantitative estimate of drug-likeness (QED) is 0.674. The molecule has 0 radical (unpaired) electrons. The molecule has 0 spiro atoms. The highest BCUT2D eigenvalue weighted by Crippen LogP contribution is 2.25. The summed E-state index contributed by atoms with van der Waals surface area (Å²) in [6.07, 6.45) is 4.90. The number of hydrogen-bond donors (Lipinski definition) is 3. The van der Waals surface area contributed by atoms with Gasteiger partial charge in [0.2, 0.25) is 5.91 Å². The minimum Gasteiger partial charge on any atom is -0.396 e. The van der Waals surface area contributed by atoms with Crippen LogP contribution >= 0.6 is 0 Å². The summed E-state index contributed by atoms with van der Waals surface area (Å²) in [6.45, 7) is 7.70. The standard InChI is InChI=1S/C14H28N2O2/c1-4-14(5-2,11-17)10-15-12(18)13(3)8-6-7-9-16-13/h16-17H,4-11H2,1-3H3,(H,15,18). The summed E-state index contributed by atoms with van der Waals surface area (Å²) >= 11 is 0. The number of aliphatic hydroxyl groups excluding tert-OH is 1. The summed E-state index contributed by atoms with van der Waals surface area (Å²) in [5, 5.41) is 15.8. The van der Waals surface area contributed by atoms with Crippen molar-refractivity contribution in [1.29, 1.82) is 0 Å². The molecular weight excluding hydrogens is 228 g/mol. The van der Waals surface area contributed by atoms with Crippen molar-refractivity contribution in [2.45, 2.75) is 58.4 Å². The highest BCUT2D eigenvalue weighted by Gasteiger charge is 2.35. The van der Waals surface area contributed by atoms with Gasteiger partial charge in [-0.3, -0.25) is 4.79 Å². The molecule has 0 aromatic carbocycles. The number of carbonyl (C=O) groups excluding carboxylic acids is 1. The molecule has 0 bridgehead atoms. The van der Waals surface area contributed by atoms with Gasteiger partial charge in [0.1, 0.15) is 0 Å². The van der Waals surface area contributed by atoms with E-state index in [0.29, 0.717) is 6.54 Å². The highest BCUT2D eigenvalue weighted by atomic mass is 16.3. The third-order valence-electron chi connectivity index (χ3n) is 4.58. The first-order valence-corrected chi connectivity index (χ1v) is 7.16. The van der Waals surface area contributed by atoms with Gasteiger partial charge in [-0.05, 0) is 45.6 Å². The molecule has 1 rings (SSSR count). The Hall–Kier alpha value is -0.610. The first-order chi connectivity index (χ1) is 8.52. The second-order valence-electron chi connectivity index (χ2n) is 5.76. The lowest BCUT2D eigenvalue weighted by Crippen LogP contribution is -2.58. The van der Waals surface area contributed by atoms with Crippen molar-refractivity contribution in [2.24, 2.45) is 5.41 Å². The molecule has 4 heteroatoms. The molecule has 0 aromatic heterocycles. The zero-order chi connectivity index (χ0) is 13.6. The molecule has 3 N–H and O–H groups in total. The van der Waals surface area contributed by atoms with E-state index in [-0.39, 0.29) is 17.9 Å². The summed E-state index contributed by atoms with van der Waals surface area (Å²) in [5.74, 6) is 0.0712. The second kappa shape index (κ2) is 6.53. The average Bonchev–Trinajstić information content (AvgIpc) is 2.41. The van der Waals surface area contributed by atoms with Gasteiger partial charge in [0.05, 0.1) is 12.1 Å². The van der Waals surface area contributed by atoms with Gasteiger partial charge >= 0.3 is 0 Å². The van der Waals surface area contributed by atoms with E-state index >= 15 is 0 Å². The zero-order valence-electron chi connectivity index (χ0n) is 12.0. The van der Waals surface area contributed by atoms with E-state index in [1.807, 2.05) is 6.92 Å². The zero-order valence-corrected chi connectivity index (χ0v) is 12.0. The van der Waals surface area contributed by atoms with Crippen LogP contribution in [0.2, 0.25) is 0 Å². The monoisotopic (exact) mass is 256 g/mol. The van der Waals surface area contributed by atoms with Crippen molar-refractivity contribution in [3.8, 4) is 0 Å². The summed E-state index contributed by atoms with van der Waals surface area (Å²) in [4.78, 5) is 12.3. The van der Waals surface area contributed by atoms with Crippen LogP contribution in [-0.4, -0.2) is 36.2 Å². The Labute approximate surface area is 111 Å². The molecule has 4 nitrogen and oxygen atoms in total. The van der Waals surface area contributed by atoms with Crippen molar-refractivity contribution in [1.82, 2.24) is 10.6 Å². The summed E-state index contributed by atoms with van der Waals surface area (Å²) in [6, 6.07) is 0. The lowest BCUT2D eigenvalue weighted by Gasteiger charge is -2.36. The van der Waals surface area contributed by atoms with Gasteiger partial charge < -0.3 is 15.7 Å². The smallest absolute Gasteiger partial charge is 0.240 e. The van der Waals surface area contributed by atoms with Crippen LogP contribution in [-0.2, 0) is 4.79 Å². The second-order valence-corrected chi connectivity index (χ2v) is 5.76. The van der Waals surface area contributed by atoms with E-state index < -0.39 is 5.54 Å². The molecule has 1 fully saturated rings. The number of nitrogens with one attached hydrogen (secondary N) is 2. The molecular formula is C14H28N2O2. The molecule has 106 valence electrons. The van der Waals surface area contributed by atoms with Gasteiger partial charge in [-0.1, -0.05) is 13.8 Å². The molecule has 1 heterocycles. The Morgan fingerprint density at radius 1 is 1.39 bits per heavy atom. The van der Waals surface area contributed by atoms with Crippen LogP contribution in [0.3, 0.4) is 0 Å². The predicted molar refractivity (Wildman–Crippen MR) is 73.4 cm³/mol. The molecule has 1 saturated heterocycles. The molecule has 1 aliphatic rings. The van der Waals surface area contributed by atoms with Crippen LogP contribution in [0.4, 0.5) is 0 Å². The molecule has 1 unspecified atom stereocenters. The number of rotatable bonds is 6. The van der Waals surface area contributed by atoms with Crippen LogP contribution in [0.25, 0.3) is 0 Å². The molecule has 1 atom stereocenters. The van der Waals surface area contributed by atoms with Crippen LogP contribution in [0.1, 0.15) is 52.9 Å². The Bertz CT molecular complexity index is 261. The maximum absolute atomic E-state index is 12.3. The van der Waals surface area contributed by atoms with Gasteiger partial charge in [-0.15, -0.1) is 0 Å². The molecule has 1 aliphatic heterocycles. The predicted octanol–water partition coefficient (Wildman–Crippen LogP) is 1.43. The number of aliphatic hydroxyl groups is 1. The highest BCUT2D eigenvalue weighted by molar-refractivity contribution is 5.86. The molecule has 0 aromatic rings. The van der Waals surface area contributed by atoms with Crippen LogP contribution < -0.4 is 10.6 Å². The third kappa shape index (κ3) is 3.45. The number of piperidine rings is 1. The summed E-state index contributed by atoms with van der Waals surface area (Å²) in [5.41, 5.74) is -0.596. The Balaban J connectivity index is 2.54. The summed E-state index contributed by atoms with van der Waals surface area (Å²) < 4.78 is 0. The lowest BCUT2D eigenvalue weighted by molar-refractivity contribution is -0.128. The maximum atomic E-state index is 12.3. The maximum Gasteiger partial charge on any atom is 0.240 e. The van der Waals surface area contributed by atoms with Gasteiger partial charge in [-0.25, -0.2) is 0 Å². The fourth-order valence-corrected chi connectivity index (χ4v) is 2.49. The number of hydrogen-bond acceptors (Lipinski definition) is 3. The Morgan fingerprint density at radius 2 is 2.06 bits per heavy atom. The third-order valence-corrected chi connectivity index (χ3v) is 4.58. The fraction of sp³-hybridized carbons (Fsp3) is 0.929. The van der Waals surface area contributed by atoms with E-state index in [2.05, 4.69) is 24.5 Å². The van der Waals surface area contributed by atoms with E-state index in [1.165, 1.54) is 0 Å². The van der Waals surface area contributed by atoms with Gasteiger partial charge in [0, 0.05) is 12.0 Å². The fourth-order valence-electron chi connectivity index (χ4n) is 2.49. The van der Waals surface area contributed by atoms with Crippen molar-refractivity contribution in [3.05, 3.63) is 0 Å². The van der Waals surface area contributed by atoms with Crippen LogP contribution in [0.5, 0.6) is 0 Å². The molecule has 1 amide bonds. The van der Waals surface area contributed by atoms with E-state index in [0.717, 1.165) is 38.6 Å². The van der Waals surface area contributed by atoms with E-state index in [1.54, 1.807) is 0 Å². The SMILES string of the molecule is CCC(CC)(CO)CNC(=O)C1(C)CCCCN1. The Morgan fingerprint density at radius 3 is 2.50 bits per heavy atom. The molecule has 0 aliphatic carbocycles. The summed E-state index contributed by atoms with van der Waals surface area (Å²) in [7, 11) is 0. The average molecular weight is 256 g/mol. The Kier molecular flexibility index (Phi) is 5.60. The van der Waals surface area contributed by atoms with Crippen molar-refractivity contribution in [2.75, 3.05) is 19.7 Å². The van der Waals surface area contributed by atoms with Gasteiger partial charge in [-0.2, -0.15) is 0 Å². The van der Waals surface area contributed by atoms with E-state index in [4.69, 9.17) is 0 Å². The first kappa shape index (κ1) is 15.4. The van der Waals surface area contributed by atoms with Crippen molar-refractivity contribution >= 4 is 5.91 Å². The lowest BCUT2D eigenvalue weighted by atomic mass is 9.82. The van der Waals surface area contributed by atoms with E-state index in [9.17, 15) is 9.90 Å². The molecule has 18 heavy (non-hydrogen) atoms. The van der Waals surface area contributed by atoms with Crippen molar-refractivity contribution < 1.29 is 9.90 Å². The van der Waals surface area contributed by atoms with Gasteiger partial charge in [0.15, 0.2) is 0 Å². The topological polar surface area (TPSA) is 61.4 Å².